The van der Waals surface area contributed by atoms with Crippen molar-refractivity contribution in [2.45, 2.75) is 86.0 Å². The molecular formula is C21H36N2O2. The van der Waals surface area contributed by atoms with Gasteiger partial charge in [-0.1, -0.05) is 12.2 Å². The summed E-state index contributed by atoms with van der Waals surface area (Å²) in [6, 6.07) is 0.602. The average molecular weight is 349 g/mol. The predicted molar refractivity (Wildman–Crippen MR) is 102 cm³/mol. The van der Waals surface area contributed by atoms with Crippen LogP contribution in [0.15, 0.2) is 12.2 Å². The number of amides is 2. The largest absolute Gasteiger partial charge is 0.338 e. The lowest BCUT2D eigenvalue weighted by Crippen LogP contribution is -2.53. The van der Waals surface area contributed by atoms with Crippen molar-refractivity contribution in [3.8, 4) is 0 Å². The molecule has 4 atom stereocenters. The first kappa shape index (κ1) is 20.0. The van der Waals surface area contributed by atoms with Crippen molar-refractivity contribution in [1.82, 2.24) is 9.80 Å². The second kappa shape index (κ2) is 7.51. The Labute approximate surface area is 153 Å². The van der Waals surface area contributed by atoms with Crippen LogP contribution in [-0.4, -0.2) is 45.8 Å². The van der Waals surface area contributed by atoms with E-state index in [1.807, 2.05) is 9.80 Å². The van der Waals surface area contributed by atoms with E-state index in [9.17, 15) is 9.59 Å². The molecule has 4 heteroatoms. The van der Waals surface area contributed by atoms with Gasteiger partial charge in [0.2, 0.25) is 11.8 Å². The molecule has 0 aliphatic heterocycles. The van der Waals surface area contributed by atoms with Crippen LogP contribution in [0.4, 0.5) is 0 Å². The predicted octanol–water partition coefficient (Wildman–Crippen LogP) is 3.72. The minimum Gasteiger partial charge on any atom is -0.338 e. The Morgan fingerprint density at radius 1 is 0.680 bits per heavy atom. The topological polar surface area (TPSA) is 40.6 Å². The highest BCUT2D eigenvalue weighted by molar-refractivity contribution is 5.90. The Morgan fingerprint density at radius 3 is 1.20 bits per heavy atom. The van der Waals surface area contributed by atoms with Gasteiger partial charge in [0.1, 0.15) is 0 Å². The van der Waals surface area contributed by atoms with E-state index in [1.165, 1.54) is 0 Å². The molecule has 2 bridgehead atoms. The highest BCUT2D eigenvalue weighted by atomic mass is 16.2. The highest BCUT2D eigenvalue weighted by Crippen LogP contribution is 2.50. The summed E-state index contributed by atoms with van der Waals surface area (Å²) in [5.74, 6) is 0.347. The maximum atomic E-state index is 13.4. The third-order valence-corrected chi connectivity index (χ3v) is 5.76. The summed E-state index contributed by atoms with van der Waals surface area (Å²) in [6.45, 7) is 16.5. The van der Waals surface area contributed by atoms with Crippen LogP contribution in [0.2, 0.25) is 0 Å². The fraction of sp³-hybridized carbons (Fsp3) is 0.810. The van der Waals surface area contributed by atoms with E-state index in [2.05, 4.69) is 67.5 Å². The third kappa shape index (κ3) is 3.63. The van der Waals surface area contributed by atoms with Gasteiger partial charge in [0.05, 0.1) is 11.8 Å². The number of rotatable bonds is 6. The summed E-state index contributed by atoms with van der Waals surface area (Å²) in [5.41, 5.74) is 0. The molecule has 0 spiro atoms. The second-order valence-corrected chi connectivity index (χ2v) is 8.87. The summed E-state index contributed by atoms with van der Waals surface area (Å²) in [5, 5.41) is 0. The lowest BCUT2D eigenvalue weighted by Gasteiger charge is -2.40. The minimum atomic E-state index is -0.202. The van der Waals surface area contributed by atoms with Crippen molar-refractivity contribution < 1.29 is 9.59 Å². The molecule has 142 valence electrons. The molecule has 2 rings (SSSR count). The lowest BCUT2D eigenvalue weighted by molar-refractivity contribution is -0.151. The molecule has 2 aliphatic carbocycles. The van der Waals surface area contributed by atoms with Gasteiger partial charge in [-0.25, -0.2) is 0 Å². The van der Waals surface area contributed by atoms with Crippen molar-refractivity contribution in [3.05, 3.63) is 12.2 Å². The summed E-state index contributed by atoms with van der Waals surface area (Å²) in [7, 11) is 0. The van der Waals surface area contributed by atoms with E-state index in [4.69, 9.17) is 0 Å². The quantitative estimate of drug-likeness (QED) is 0.687. The lowest BCUT2D eigenvalue weighted by atomic mass is 9.80. The van der Waals surface area contributed by atoms with Crippen LogP contribution in [0.25, 0.3) is 0 Å². The number of hydrogen-bond donors (Lipinski definition) is 0. The molecule has 0 saturated heterocycles. The number of fused-ring (bicyclic) bond motifs is 2. The maximum Gasteiger partial charge on any atom is 0.227 e. The van der Waals surface area contributed by atoms with E-state index in [1.54, 1.807) is 0 Å². The summed E-state index contributed by atoms with van der Waals surface area (Å²) in [4.78, 5) is 30.8. The average Bonchev–Trinajstić information content (AvgIpc) is 3.05. The van der Waals surface area contributed by atoms with Crippen LogP contribution in [0, 0.1) is 23.7 Å². The molecule has 0 heterocycles. The Balaban J connectivity index is 2.35. The fourth-order valence-corrected chi connectivity index (χ4v) is 5.05. The monoisotopic (exact) mass is 348 g/mol. The first-order valence-corrected chi connectivity index (χ1v) is 9.90. The van der Waals surface area contributed by atoms with E-state index in [0.29, 0.717) is 0 Å². The second-order valence-electron chi connectivity index (χ2n) is 8.87. The molecule has 0 unspecified atom stereocenters. The normalized spacial score (nSPS) is 27.8. The zero-order valence-electron chi connectivity index (χ0n) is 17.2. The minimum absolute atomic E-state index is 0.151. The molecule has 0 N–H and O–H groups in total. The molecule has 0 aromatic heterocycles. The van der Waals surface area contributed by atoms with Crippen molar-refractivity contribution in [3.63, 3.8) is 0 Å². The Kier molecular flexibility index (Phi) is 6.01. The van der Waals surface area contributed by atoms with Gasteiger partial charge in [-0.3, -0.25) is 9.59 Å². The molecule has 2 amide bonds. The molecule has 1 fully saturated rings. The van der Waals surface area contributed by atoms with Gasteiger partial charge >= 0.3 is 0 Å². The first-order valence-electron chi connectivity index (χ1n) is 9.90. The van der Waals surface area contributed by atoms with E-state index >= 15 is 0 Å². The smallest absolute Gasteiger partial charge is 0.227 e. The Bertz CT molecular complexity index is 474. The number of carbonyl (C=O) groups excluding carboxylic acids is 2. The molecule has 0 radical (unpaired) electrons. The van der Waals surface area contributed by atoms with Gasteiger partial charge in [0.25, 0.3) is 0 Å². The first-order chi connectivity index (χ1) is 11.6. The van der Waals surface area contributed by atoms with Crippen molar-refractivity contribution in [2.75, 3.05) is 0 Å². The molecule has 0 aromatic rings. The van der Waals surface area contributed by atoms with Gasteiger partial charge in [0.15, 0.2) is 0 Å². The third-order valence-electron chi connectivity index (χ3n) is 5.76. The van der Waals surface area contributed by atoms with Gasteiger partial charge in [0, 0.05) is 24.2 Å². The zero-order valence-corrected chi connectivity index (χ0v) is 17.2. The number of carbonyl (C=O) groups is 2. The van der Waals surface area contributed by atoms with Crippen LogP contribution < -0.4 is 0 Å². The number of allylic oxidation sites excluding steroid dienone is 2. The van der Waals surface area contributed by atoms with E-state index < -0.39 is 0 Å². The van der Waals surface area contributed by atoms with Crippen LogP contribution in [-0.2, 0) is 9.59 Å². The molecule has 1 saturated carbocycles. The van der Waals surface area contributed by atoms with Crippen molar-refractivity contribution in [1.29, 1.82) is 0 Å². The summed E-state index contributed by atoms with van der Waals surface area (Å²) >= 11 is 0. The summed E-state index contributed by atoms with van der Waals surface area (Å²) < 4.78 is 0. The Hall–Kier alpha value is -1.32. The number of nitrogens with zero attached hydrogens (tertiary/aromatic N) is 2. The number of hydrogen-bond acceptors (Lipinski definition) is 2. The zero-order chi connectivity index (χ0) is 19.0. The molecule has 4 nitrogen and oxygen atoms in total. The van der Waals surface area contributed by atoms with E-state index in [0.717, 1.165) is 6.42 Å². The van der Waals surface area contributed by atoms with Gasteiger partial charge < -0.3 is 9.80 Å². The van der Waals surface area contributed by atoms with Gasteiger partial charge in [-0.2, -0.15) is 0 Å². The molecule has 2 aliphatic rings. The van der Waals surface area contributed by atoms with Crippen LogP contribution in [0.5, 0.6) is 0 Å². The van der Waals surface area contributed by atoms with Crippen LogP contribution in [0.1, 0.15) is 61.8 Å². The standard InChI is InChI=1S/C21H36N2O2/c1-12(2)22(13(3)4)20(24)18-16-9-10-17(11-16)19(18)21(25)23(14(5)6)15(7)8/h9-10,12-19H,11H2,1-8H3/t16-,17+,18-,19+. The summed E-state index contributed by atoms with van der Waals surface area (Å²) in [6.07, 6.45) is 5.29. The van der Waals surface area contributed by atoms with Crippen LogP contribution >= 0.6 is 0 Å². The van der Waals surface area contributed by atoms with E-state index in [-0.39, 0.29) is 59.7 Å². The highest BCUT2D eigenvalue weighted by Gasteiger charge is 2.54. The maximum absolute atomic E-state index is 13.4. The Morgan fingerprint density at radius 2 is 0.960 bits per heavy atom. The molecular weight excluding hydrogens is 312 g/mol. The fourth-order valence-electron chi connectivity index (χ4n) is 5.05. The molecule has 25 heavy (non-hydrogen) atoms. The van der Waals surface area contributed by atoms with Crippen LogP contribution in [0.3, 0.4) is 0 Å². The van der Waals surface area contributed by atoms with Gasteiger partial charge in [-0.15, -0.1) is 0 Å². The van der Waals surface area contributed by atoms with Crippen molar-refractivity contribution >= 4 is 11.8 Å². The van der Waals surface area contributed by atoms with Crippen molar-refractivity contribution in [2.24, 2.45) is 23.7 Å². The van der Waals surface area contributed by atoms with Gasteiger partial charge in [-0.05, 0) is 73.6 Å². The SMILES string of the molecule is CC(C)N(C(=O)[C@@H]1[C@H](C(=O)N(C(C)C)C(C)C)[C@@H]2C=C[C@H]1C2)C(C)C. The molecule has 0 aromatic carbocycles.